The highest BCUT2D eigenvalue weighted by Crippen LogP contribution is 2.48. The topological polar surface area (TPSA) is 21.3 Å². The van der Waals surface area contributed by atoms with E-state index in [-0.39, 0.29) is 0 Å². The Morgan fingerprint density at radius 3 is 2.53 bits per heavy atom. The standard InChI is InChI=1S/C13H27NO/c1-3-5-10-15-11-8-13(6-7-13)12-14-9-4-2/h14H,3-12H2,1-2H3. The monoisotopic (exact) mass is 213 g/mol. The summed E-state index contributed by atoms with van der Waals surface area (Å²) in [6.45, 7) is 8.72. The zero-order valence-electron chi connectivity index (χ0n) is 10.5. The highest BCUT2D eigenvalue weighted by Gasteiger charge is 2.41. The van der Waals surface area contributed by atoms with Gasteiger partial charge < -0.3 is 10.1 Å². The van der Waals surface area contributed by atoms with Gasteiger partial charge in [0.2, 0.25) is 0 Å². The zero-order chi connectivity index (χ0) is 11.0. The van der Waals surface area contributed by atoms with Crippen LogP contribution < -0.4 is 5.32 Å². The molecule has 0 saturated heterocycles. The van der Waals surface area contributed by atoms with Gasteiger partial charge in [-0.1, -0.05) is 20.3 Å². The van der Waals surface area contributed by atoms with Gasteiger partial charge in [-0.2, -0.15) is 0 Å². The smallest absolute Gasteiger partial charge is 0.0471 e. The van der Waals surface area contributed by atoms with Gasteiger partial charge in [0.1, 0.15) is 0 Å². The van der Waals surface area contributed by atoms with E-state index < -0.39 is 0 Å². The number of nitrogens with one attached hydrogen (secondary N) is 1. The summed E-state index contributed by atoms with van der Waals surface area (Å²) in [5, 5.41) is 3.53. The SMILES string of the molecule is CCCCOCCC1(CNCCC)CC1. The first kappa shape index (κ1) is 13.0. The van der Waals surface area contributed by atoms with Crippen molar-refractivity contribution >= 4 is 0 Å². The minimum Gasteiger partial charge on any atom is -0.381 e. The zero-order valence-corrected chi connectivity index (χ0v) is 10.5. The van der Waals surface area contributed by atoms with Crippen molar-refractivity contribution in [3.63, 3.8) is 0 Å². The lowest BCUT2D eigenvalue weighted by molar-refractivity contribution is 0.113. The number of unbranched alkanes of at least 4 members (excludes halogenated alkanes) is 1. The fraction of sp³-hybridized carbons (Fsp3) is 1.00. The third-order valence-electron chi connectivity index (χ3n) is 3.30. The van der Waals surface area contributed by atoms with Crippen LogP contribution in [0, 0.1) is 5.41 Å². The van der Waals surface area contributed by atoms with Crippen LogP contribution in [0.3, 0.4) is 0 Å². The fourth-order valence-corrected chi connectivity index (χ4v) is 1.86. The molecule has 0 atom stereocenters. The average Bonchev–Trinajstić information content (AvgIpc) is 2.99. The van der Waals surface area contributed by atoms with E-state index in [1.54, 1.807) is 0 Å². The normalized spacial score (nSPS) is 18.0. The fourth-order valence-electron chi connectivity index (χ4n) is 1.86. The maximum Gasteiger partial charge on any atom is 0.0471 e. The maximum atomic E-state index is 5.63. The summed E-state index contributed by atoms with van der Waals surface area (Å²) in [7, 11) is 0. The molecule has 90 valence electrons. The Bertz CT molecular complexity index is 155. The van der Waals surface area contributed by atoms with Gasteiger partial charge in [-0.05, 0) is 44.1 Å². The summed E-state index contributed by atoms with van der Waals surface area (Å²) in [5.74, 6) is 0. The molecule has 2 nitrogen and oxygen atoms in total. The van der Waals surface area contributed by atoms with E-state index in [0.29, 0.717) is 5.41 Å². The summed E-state index contributed by atoms with van der Waals surface area (Å²) < 4.78 is 5.63. The molecule has 1 aliphatic carbocycles. The summed E-state index contributed by atoms with van der Waals surface area (Å²) in [4.78, 5) is 0. The molecule has 0 bridgehead atoms. The van der Waals surface area contributed by atoms with Crippen LogP contribution in [0.15, 0.2) is 0 Å². The molecule has 1 fully saturated rings. The Balaban J connectivity index is 1.94. The summed E-state index contributed by atoms with van der Waals surface area (Å²) in [6.07, 6.45) is 7.75. The van der Waals surface area contributed by atoms with Crippen LogP contribution in [-0.2, 0) is 4.74 Å². The average molecular weight is 213 g/mol. The largest absolute Gasteiger partial charge is 0.381 e. The van der Waals surface area contributed by atoms with Crippen molar-refractivity contribution in [1.29, 1.82) is 0 Å². The third kappa shape index (κ3) is 5.53. The molecule has 0 amide bonds. The number of rotatable bonds is 10. The van der Waals surface area contributed by atoms with E-state index in [9.17, 15) is 0 Å². The van der Waals surface area contributed by atoms with Crippen LogP contribution in [0.4, 0.5) is 0 Å². The lowest BCUT2D eigenvalue weighted by Gasteiger charge is -2.15. The number of hydrogen-bond donors (Lipinski definition) is 1. The highest BCUT2D eigenvalue weighted by molar-refractivity contribution is 4.94. The van der Waals surface area contributed by atoms with Crippen molar-refractivity contribution < 1.29 is 4.74 Å². The van der Waals surface area contributed by atoms with Gasteiger partial charge in [-0.25, -0.2) is 0 Å². The predicted molar refractivity (Wildman–Crippen MR) is 65.2 cm³/mol. The van der Waals surface area contributed by atoms with Crippen molar-refractivity contribution in [1.82, 2.24) is 5.32 Å². The highest BCUT2D eigenvalue weighted by atomic mass is 16.5. The van der Waals surface area contributed by atoms with E-state index in [1.165, 1.54) is 51.6 Å². The molecule has 2 heteroatoms. The number of ether oxygens (including phenoxy) is 1. The predicted octanol–water partition coefficient (Wildman–Crippen LogP) is 2.97. The van der Waals surface area contributed by atoms with E-state index in [0.717, 1.165) is 13.2 Å². The van der Waals surface area contributed by atoms with Crippen LogP contribution in [0.5, 0.6) is 0 Å². The van der Waals surface area contributed by atoms with Crippen LogP contribution in [0.2, 0.25) is 0 Å². The second-order valence-electron chi connectivity index (χ2n) is 4.89. The molecule has 0 heterocycles. The molecule has 0 radical (unpaired) electrons. The first-order valence-electron chi connectivity index (χ1n) is 6.61. The molecule has 1 aliphatic rings. The van der Waals surface area contributed by atoms with Crippen LogP contribution >= 0.6 is 0 Å². The van der Waals surface area contributed by atoms with Crippen LogP contribution in [-0.4, -0.2) is 26.3 Å². The minimum atomic E-state index is 0.612. The van der Waals surface area contributed by atoms with Crippen molar-refractivity contribution in [3.8, 4) is 0 Å². The summed E-state index contributed by atoms with van der Waals surface area (Å²) >= 11 is 0. The Morgan fingerprint density at radius 2 is 1.93 bits per heavy atom. The Labute approximate surface area is 94.8 Å². The minimum absolute atomic E-state index is 0.612. The Hall–Kier alpha value is -0.0800. The second-order valence-corrected chi connectivity index (χ2v) is 4.89. The van der Waals surface area contributed by atoms with Crippen molar-refractivity contribution in [3.05, 3.63) is 0 Å². The molecule has 0 aromatic rings. The van der Waals surface area contributed by atoms with Gasteiger partial charge in [0, 0.05) is 19.8 Å². The Kier molecular flexibility index (Phi) is 6.26. The molecule has 1 rings (SSSR count). The first-order chi connectivity index (χ1) is 7.33. The molecule has 0 aliphatic heterocycles. The quantitative estimate of drug-likeness (QED) is 0.563. The van der Waals surface area contributed by atoms with Gasteiger partial charge in [0.05, 0.1) is 0 Å². The van der Waals surface area contributed by atoms with E-state index in [4.69, 9.17) is 4.74 Å². The lowest BCUT2D eigenvalue weighted by Crippen LogP contribution is -2.25. The molecular formula is C13H27NO. The second kappa shape index (κ2) is 7.24. The first-order valence-corrected chi connectivity index (χ1v) is 6.61. The summed E-state index contributed by atoms with van der Waals surface area (Å²) in [5.41, 5.74) is 0.612. The molecule has 1 N–H and O–H groups in total. The molecule has 0 aromatic heterocycles. The molecule has 0 aromatic carbocycles. The van der Waals surface area contributed by atoms with E-state index in [1.807, 2.05) is 0 Å². The third-order valence-corrected chi connectivity index (χ3v) is 3.30. The van der Waals surface area contributed by atoms with E-state index in [2.05, 4.69) is 19.2 Å². The van der Waals surface area contributed by atoms with Gasteiger partial charge in [0.15, 0.2) is 0 Å². The van der Waals surface area contributed by atoms with Crippen LogP contribution in [0.1, 0.15) is 52.4 Å². The lowest BCUT2D eigenvalue weighted by atomic mass is 10.0. The number of hydrogen-bond acceptors (Lipinski definition) is 2. The van der Waals surface area contributed by atoms with Gasteiger partial charge in [0.25, 0.3) is 0 Å². The molecular weight excluding hydrogens is 186 g/mol. The van der Waals surface area contributed by atoms with Gasteiger partial charge >= 0.3 is 0 Å². The maximum absolute atomic E-state index is 5.63. The molecule has 15 heavy (non-hydrogen) atoms. The summed E-state index contributed by atoms with van der Waals surface area (Å²) in [6, 6.07) is 0. The molecule has 1 saturated carbocycles. The van der Waals surface area contributed by atoms with Crippen molar-refractivity contribution in [2.75, 3.05) is 26.3 Å². The molecule has 0 unspecified atom stereocenters. The van der Waals surface area contributed by atoms with Gasteiger partial charge in [-0.3, -0.25) is 0 Å². The Morgan fingerprint density at radius 1 is 1.13 bits per heavy atom. The van der Waals surface area contributed by atoms with Crippen LogP contribution in [0.25, 0.3) is 0 Å². The van der Waals surface area contributed by atoms with E-state index >= 15 is 0 Å². The van der Waals surface area contributed by atoms with Crippen molar-refractivity contribution in [2.45, 2.75) is 52.4 Å². The van der Waals surface area contributed by atoms with Gasteiger partial charge in [-0.15, -0.1) is 0 Å². The molecule has 0 spiro atoms. The van der Waals surface area contributed by atoms with Crippen molar-refractivity contribution in [2.24, 2.45) is 5.41 Å².